The van der Waals surface area contributed by atoms with E-state index in [1.165, 1.54) is 12.8 Å². The SMILES string of the molecule is CCOC(=O)[C@H]1[C@H]2CC[C@H](C2)[C@H]1N. The van der Waals surface area contributed by atoms with Crippen LogP contribution in [0.3, 0.4) is 0 Å². The number of rotatable bonds is 2. The number of hydrogen-bond acceptors (Lipinski definition) is 3. The zero-order valence-corrected chi connectivity index (χ0v) is 8.03. The van der Waals surface area contributed by atoms with Gasteiger partial charge >= 0.3 is 5.97 Å². The molecule has 3 heteroatoms. The van der Waals surface area contributed by atoms with Gasteiger partial charge in [-0.15, -0.1) is 0 Å². The first kappa shape index (κ1) is 9.00. The maximum Gasteiger partial charge on any atom is 0.310 e. The van der Waals surface area contributed by atoms with Gasteiger partial charge in [0, 0.05) is 6.04 Å². The van der Waals surface area contributed by atoms with Crippen LogP contribution >= 0.6 is 0 Å². The van der Waals surface area contributed by atoms with Gasteiger partial charge in [0.15, 0.2) is 0 Å². The van der Waals surface area contributed by atoms with Crippen LogP contribution in [-0.2, 0) is 9.53 Å². The molecule has 74 valence electrons. The van der Waals surface area contributed by atoms with Crippen molar-refractivity contribution in [2.24, 2.45) is 23.5 Å². The van der Waals surface area contributed by atoms with Gasteiger partial charge in [0.25, 0.3) is 0 Å². The number of fused-ring (bicyclic) bond motifs is 2. The third-order valence-corrected chi connectivity index (χ3v) is 3.54. The van der Waals surface area contributed by atoms with Crippen molar-refractivity contribution in [1.82, 2.24) is 0 Å². The molecule has 3 nitrogen and oxygen atoms in total. The molecule has 2 N–H and O–H groups in total. The molecule has 0 aromatic carbocycles. The number of nitrogens with two attached hydrogens (primary N) is 1. The van der Waals surface area contributed by atoms with Crippen LogP contribution in [-0.4, -0.2) is 18.6 Å². The van der Waals surface area contributed by atoms with Gasteiger partial charge in [-0.3, -0.25) is 4.79 Å². The Hall–Kier alpha value is -0.570. The second-order valence-corrected chi connectivity index (χ2v) is 4.19. The zero-order valence-electron chi connectivity index (χ0n) is 8.03. The van der Waals surface area contributed by atoms with E-state index >= 15 is 0 Å². The van der Waals surface area contributed by atoms with E-state index in [1.54, 1.807) is 0 Å². The van der Waals surface area contributed by atoms with E-state index in [2.05, 4.69) is 0 Å². The average Bonchev–Trinajstić information content (AvgIpc) is 2.63. The van der Waals surface area contributed by atoms with Crippen molar-refractivity contribution in [1.29, 1.82) is 0 Å². The second-order valence-electron chi connectivity index (χ2n) is 4.19. The molecule has 2 saturated carbocycles. The molecule has 2 aliphatic carbocycles. The summed E-state index contributed by atoms with van der Waals surface area (Å²) in [4.78, 5) is 11.5. The average molecular weight is 183 g/mol. The van der Waals surface area contributed by atoms with Crippen LogP contribution in [0, 0.1) is 17.8 Å². The summed E-state index contributed by atoms with van der Waals surface area (Å²) in [7, 11) is 0. The van der Waals surface area contributed by atoms with Crippen LogP contribution in [0.5, 0.6) is 0 Å². The van der Waals surface area contributed by atoms with Crippen molar-refractivity contribution in [3.8, 4) is 0 Å². The molecule has 0 saturated heterocycles. The quantitative estimate of drug-likeness (QED) is 0.648. The Bertz CT molecular complexity index is 215. The molecule has 2 fully saturated rings. The molecule has 0 unspecified atom stereocenters. The third-order valence-electron chi connectivity index (χ3n) is 3.54. The zero-order chi connectivity index (χ0) is 9.42. The van der Waals surface area contributed by atoms with E-state index in [4.69, 9.17) is 10.5 Å². The van der Waals surface area contributed by atoms with Gasteiger partial charge in [0.05, 0.1) is 12.5 Å². The molecule has 13 heavy (non-hydrogen) atoms. The molecule has 0 aliphatic heterocycles. The second kappa shape index (κ2) is 3.29. The van der Waals surface area contributed by atoms with Gasteiger partial charge in [-0.25, -0.2) is 0 Å². The Kier molecular flexibility index (Phi) is 2.28. The van der Waals surface area contributed by atoms with Crippen molar-refractivity contribution >= 4 is 5.97 Å². The third kappa shape index (κ3) is 1.35. The van der Waals surface area contributed by atoms with Crippen LogP contribution in [0.1, 0.15) is 26.2 Å². The predicted molar refractivity (Wildman–Crippen MR) is 48.9 cm³/mol. The minimum absolute atomic E-state index is 0.00120. The molecular weight excluding hydrogens is 166 g/mol. The highest BCUT2D eigenvalue weighted by atomic mass is 16.5. The summed E-state index contributed by atoms with van der Waals surface area (Å²) >= 11 is 0. The Balaban J connectivity index is 2.03. The Morgan fingerprint density at radius 1 is 1.46 bits per heavy atom. The van der Waals surface area contributed by atoms with E-state index in [9.17, 15) is 4.79 Å². The van der Waals surface area contributed by atoms with Gasteiger partial charge in [-0.05, 0) is 38.0 Å². The van der Waals surface area contributed by atoms with Crippen LogP contribution in [0.15, 0.2) is 0 Å². The van der Waals surface area contributed by atoms with Gasteiger partial charge in [0.2, 0.25) is 0 Å². The fourth-order valence-electron chi connectivity index (χ4n) is 2.92. The lowest BCUT2D eigenvalue weighted by molar-refractivity contribution is -0.150. The van der Waals surface area contributed by atoms with Crippen LogP contribution in [0.25, 0.3) is 0 Å². The maximum atomic E-state index is 11.5. The smallest absolute Gasteiger partial charge is 0.310 e. The van der Waals surface area contributed by atoms with Crippen molar-refractivity contribution in [3.63, 3.8) is 0 Å². The summed E-state index contributed by atoms with van der Waals surface area (Å²) in [5.41, 5.74) is 5.99. The Morgan fingerprint density at radius 3 is 2.69 bits per heavy atom. The Labute approximate surface area is 78.6 Å². The van der Waals surface area contributed by atoms with Gasteiger partial charge in [0.1, 0.15) is 0 Å². The van der Waals surface area contributed by atoms with Crippen molar-refractivity contribution in [2.45, 2.75) is 32.2 Å². The lowest BCUT2D eigenvalue weighted by Gasteiger charge is -2.25. The molecule has 2 aliphatic rings. The molecular formula is C10H17NO2. The molecule has 2 bridgehead atoms. The topological polar surface area (TPSA) is 52.3 Å². The minimum atomic E-state index is -0.0674. The first-order valence-electron chi connectivity index (χ1n) is 5.16. The van der Waals surface area contributed by atoms with Gasteiger partial charge < -0.3 is 10.5 Å². The summed E-state index contributed by atoms with van der Waals surface area (Å²) < 4.78 is 5.03. The highest BCUT2D eigenvalue weighted by Crippen LogP contribution is 2.47. The molecule has 4 atom stereocenters. The Morgan fingerprint density at radius 2 is 2.15 bits per heavy atom. The predicted octanol–water partition coefficient (Wildman–Crippen LogP) is 0.923. The van der Waals surface area contributed by atoms with Crippen LogP contribution in [0.4, 0.5) is 0 Å². The first-order chi connectivity index (χ1) is 6.24. The van der Waals surface area contributed by atoms with Crippen molar-refractivity contribution in [2.75, 3.05) is 6.61 Å². The largest absolute Gasteiger partial charge is 0.466 e. The minimum Gasteiger partial charge on any atom is -0.466 e. The highest BCUT2D eigenvalue weighted by molar-refractivity contribution is 5.74. The maximum absolute atomic E-state index is 11.5. The summed E-state index contributed by atoms with van der Waals surface area (Å²) in [6, 6.07) is 0.0674. The van der Waals surface area contributed by atoms with Gasteiger partial charge in [-0.2, -0.15) is 0 Å². The molecule has 0 aromatic rings. The summed E-state index contributed by atoms with van der Waals surface area (Å²) in [5, 5.41) is 0. The van der Waals surface area contributed by atoms with Crippen molar-refractivity contribution in [3.05, 3.63) is 0 Å². The highest BCUT2D eigenvalue weighted by Gasteiger charge is 2.49. The first-order valence-corrected chi connectivity index (χ1v) is 5.16. The molecule has 0 radical (unpaired) electrons. The van der Waals surface area contributed by atoms with Crippen molar-refractivity contribution < 1.29 is 9.53 Å². The summed E-state index contributed by atoms with van der Waals surface area (Å²) in [6.45, 7) is 2.32. The monoisotopic (exact) mass is 183 g/mol. The fourth-order valence-corrected chi connectivity index (χ4v) is 2.92. The normalized spacial score (nSPS) is 42.3. The van der Waals surface area contributed by atoms with Crippen LogP contribution in [0.2, 0.25) is 0 Å². The molecule has 0 amide bonds. The van der Waals surface area contributed by atoms with E-state index in [-0.39, 0.29) is 17.9 Å². The number of hydrogen-bond donors (Lipinski definition) is 1. The number of esters is 1. The lowest BCUT2D eigenvalue weighted by atomic mass is 9.85. The van der Waals surface area contributed by atoms with E-state index in [0.29, 0.717) is 18.4 Å². The van der Waals surface area contributed by atoms with Crippen LogP contribution < -0.4 is 5.73 Å². The number of carbonyl (C=O) groups is 1. The standard InChI is InChI=1S/C10H17NO2/c1-2-13-10(12)8-6-3-4-7(5-6)9(8)11/h6-9H,2-5,11H2,1H3/t6-,7+,8-,9+/m0/s1. The van der Waals surface area contributed by atoms with Gasteiger partial charge in [-0.1, -0.05) is 0 Å². The molecule has 0 aromatic heterocycles. The fraction of sp³-hybridized carbons (Fsp3) is 0.900. The summed E-state index contributed by atoms with van der Waals surface area (Å²) in [6.07, 6.45) is 3.52. The summed E-state index contributed by atoms with van der Waals surface area (Å²) in [5.74, 6) is 1.03. The molecule has 2 rings (SSSR count). The van der Waals surface area contributed by atoms with E-state index in [1.807, 2.05) is 6.92 Å². The number of carbonyl (C=O) groups excluding carboxylic acids is 1. The molecule has 0 spiro atoms. The van der Waals surface area contributed by atoms with E-state index in [0.717, 1.165) is 6.42 Å². The molecule has 0 heterocycles. The lowest BCUT2D eigenvalue weighted by Crippen LogP contribution is -2.41. The number of ether oxygens (including phenoxy) is 1. The van der Waals surface area contributed by atoms with E-state index < -0.39 is 0 Å².